The molecule has 9 heteroatoms. The second kappa shape index (κ2) is 10.4. The molecular formula is C27H27N7O2. The molecule has 36 heavy (non-hydrogen) atoms. The van der Waals surface area contributed by atoms with Gasteiger partial charge in [0.15, 0.2) is 0 Å². The van der Waals surface area contributed by atoms with Gasteiger partial charge in [-0.2, -0.15) is 5.21 Å². The van der Waals surface area contributed by atoms with Crippen molar-refractivity contribution in [2.24, 2.45) is 0 Å². The number of ether oxygens (including phenoxy) is 1. The number of nitrogens with zero attached hydrogens (tertiary/aromatic N) is 6. The van der Waals surface area contributed by atoms with Gasteiger partial charge >= 0.3 is 5.69 Å². The predicted molar refractivity (Wildman–Crippen MR) is 137 cm³/mol. The first-order valence-electron chi connectivity index (χ1n) is 11.9. The highest BCUT2D eigenvalue weighted by Crippen LogP contribution is 2.31. The fourth-order valence-electron chi connectivity index (χ4n) is 4.50. The van der Waals surface area contributed by atoms with E-state index in [4.69, 9.17) is 4.74 Å². The molecule has 9 nitrogen and oxygen atoms in total. The summed E-state index contributed by atoms with van der Waals surface area (Å²) in [5, 5.41) is 14.3. The zero-order chi connectivity index (χ0) is 24.9. The minimum atomic E-state index is -0.0953. The van der Waals surface area contributed by atoms with Crippen LogP contribution in [-0.2, 0) is 6.54 Å². The number of methoxy groups -OCH3 is 1. The Morgan fingerprint density at radius 2 is 1.81 bits per heavy atom. The fraction of sp³-hybridized carbons (Fsp3) is 0.222. The van der Waals surface area contributed by atoms with Gasteiger partial charge in [0.25, 0.3) is 0 Å². The van der Waals surface area contributed by atoms with Crippen molar-refractivity contribution >= 4 is 0 Å². The van der Waals surface area contributed by atoms with Crippen LogP contribution in [0, 0.1) is 0 Å². The highest BCUT2D eigenvalue weighted by atomic mass is 16.5. The second-order valence-electron chi connectivity index (χ2n) is 8.49. The Kier molecular flexibility index (Phi) is 6.70. The monoisotopic (exact) mass is 481 g/mol. The van der Waals surface area contributed by atoms with Crippen molar-refractivity contribution < 1.29 is 4.74 Å². The van der Waals surface area contributed by atoms with Crippen molar-refractivity contribution in [2.75, 3.05) is 7.11 Å². The summed E-state index contributed by atoms with van der Waals surface area (Å²) >= 11 is 0. The number of aromatic nitrogens is 7. The van der Waals surface area contributed by atoms with Crippen molar-refractivity contribution in [3.63, 3.8) is 0 Å². The Morgan fingerprint density at radius 3 is 2.53 bits per heavy atom. The molecule has 0 amide bonds. The van der Waals surface area contributed by atoms with Crippen LogP contribution in [0.5, 0.6) is 5.75 Å². The van der Waals surface area contributed by atoms with Gasteiger partial charge in [-0.25, -0.2) is 4.79 Å². The largest absolute Gasteiger partial charge is 0.496 e. The van der Waals surface area contributed by atoms with Crippen LogP contribution < -0.4 is 10.4 Å². The molecular weight excluding hydrogens is 454 g/mol. The maximum atomic E-state index is 13.4. The van der Waals surface area contributed by atoms with E-state index >= 15 is 0 Å². The molecule has 0 spiro atoms. The Morgan fingerprint density at radius 1 is 1.00 bits per heavy atom. The molecule has 0 aliphatic carbocycles. The van der Waals surface area contributed by atoms with Crippen molar-refractivity contribution in [2.45, 2.75) is 32.4 Å². The lowest BCUT2D eigenvalue weighted by atomic mass is 10.0. The summed E-state index contributed by atoms with van der Waals surface area (Å²) in [5.41, 5.74) is 4.42. The van der Waals surface area contributed by atoms with E-state index in [1.54, 1.807) is 22.4 Å². The topological polar surface area (TPSA) is 104 Å². The SMILES string of the molecule is CCCC(c1ccccc1OC)n1ccn(Cc2ccc(-c3ccccc3-c3nn[nH]n3)nc2)c1=O. The number of para-hydroxylation sites is 1. The van der Waals surface area contributed by atoms with Gasteiger partial charge in [-0.15, -0.1) is 10.2 Å². The van der Waals surface area contributed by atoms with Crippen LogP contribution >= 0.6 is 0 Å². The molecule has 2 aromatic carbocycles. The van der Waals surface area contributed by atoms with E-state index in [-0.39, 0.29) is 11.7 Å². The number of aromatic amines is 1. The summed E-state index contributed by atoms with van der Waals surface area (Å²) < 4.78 is 9.08. The van der Waals surface area contributed by atoms with E-state index in [0.29, 0.717) is 12.4 Å². The highest BCUT2D eigenvalue weighted by molar-refractivity contribution is 5.78. The standard InChI is InChI=1S/C27H27N7O2/c1-3-8-24(22-11-6-7-12-25(22)36-2)34-16-15-33(27(34)35)18-19-13-14-23(28-17-19)20-9-4-5-10-21(20)26-29-31-32-30-26/h4-7,9-17,24H,3,8,18H2,1-2H3,(H,29,30,31,32). The summed E-state index contributed by atoms with van der Waals surface area (Å²) in [5.74, 6) is 1.30. The molecule has 182 valence electrons. The molecule has 1 unspecified atom stereocenters. The third-order valence-electron chi connectivity index (χ3n) is 6.24. The van der Waals surface area contributed by atoms with Crippen molar-refractivity contribution in [1.29, 1.82) is 0 Å². The Bertz CT molecular complexity index is 1490. The maximum Gasteiger partial charge on any atom is 0.329 e. The lowest BCUT2D eigenvalue weighted by molar-refractivity contribution is 0.395. The minimum Gasteiger partial charge on any atom is -0.496 e. The van der Waals surface area contributed by atoms with E-state index in [2.05, 4.69) is 32.5 Å². The van der Waals surface area contributed by atoms with E-state index in [1.807, 2.05) is 73.1 Å². The molecule has 1 atom stereocenters. The van der Waals surface area contributed by atoms with Gasteiger partial charge in [0.05, 0.1) is 25.4 Å². The zero-order valence-corrected chi connectivity index (χ0v) is 20.2. The Hall–Kier alpha value is -4.53. The highest BCUT2D eigenvalue weighted by Gasteiger charge is 2.20. The van der Waals surface area contributed by atoms with Gasteiger partial charge in [-0.05, 0) is 29.3 Å². The quantitative estimate of drug-likeness (QED) is 0.336. The van der Waals surface area contributed by atoms with E-state index in [0.717, 1.165) is 46.5 Å². The maximum absolute atomic E-state index is 13.4. The number of benzene rings is 2. The number of nitrogens with one attached hydrogen (secondary N) is 1. The predicted octanol–water partition coefficient (Wildman–Crippen LogP) is 4.34. The summed E-state index contributed by atoms with van der Waals surface area (Å²) in [7, 11) is 1.66. The first kappa shape index (κ1) is 23.2. The van der Waals surface area contributed by atoms with Crippen molar-refractivity contribution in [3.8, 4) is 28.4 Å². The molecule has 5 aromatic rings. The van der Waals surface area contributed by atoms with Crippen LogP contribution in [0.4, 0.5) is 0 Å². The molecule has 0 saturated heterocycles. The van der Waals surface area contributed by atoms with Crippen LogP contribution in [0.15, 0.2) is 84.0 Å². The van der Waals surface area contributed by atoms with Gasteiger partial charge in [-0.3, -0.25) is 14.1 Å². The molecule has 0 saturated carbocycles. The molecule has 0 aliphatic heterocycles. The Balaban J connectivity index is 1.40. The van der Waals surface area contributed by atoms with Crippen LogP contribution in [0.3, 0.4) is 0 Å². The third kappa shape index (κ3) is 4.55. The third-order valence-corrected chi connectivity index (χ3v) is 6.24. The number of H-pyrrole nitrogens is 1. The van der Waals surface area contributed by atoms with Gasteiger partial charge < -0.3 is 4.74 Å². The zero-order valence-electron chi connectivity index (χ0n) is 20.2. The van der Waals surface area contributed by atoms with Gasteiger partial charge in [-0.1, -0.05) is 61.9 Å². The summed E-state index contributed by atoms with van der Waals surface area (Å²) in [6.07, 6.45) is 7.27. The number of hydrogen-bond acceptors (Lipinski definition) is 6. The molecule has 1 N–H and O–H groups in total. The summed E-state index contributed by atoms with van der Waals surface area (Å²) in [4.78, 5) is 18.0. The van der Waals surface area contributed by atoms with E-state index in [9.17, 15) is 4.79 Å². The molecule has 0 fully saturated rings. The van der Waals surface area contributed by atoms with Gasteiger partial charge in [0.2, 0.25) is 5.82 Å². The van der Waals surface area contributed by atoms with Crippen molar-refractivity contribution in [1.82, 2.24) is 34.7 Å². The molecule has 0 bridgehead atoms. The van der Waals surface area contributed by atoms with Crippen molar-refractivity contribution in [3.05, 3.63) is 101 Å². The van der Waals surface area contributed by atoms with Crippen LogP contribution in [-0.4, -0.2) is 41.9 Å². The van der Waals surface area contributed by atoms with Crippen LogP contribution in [0.25, 0.3) is 22.6 Å². The molecule has 3 heterocycles. The molecule has 0 aliphatic rings. The first-order chi connectivity index (χ1) is 17.7. The lowest BCUT2D eigenvalue weighted by Crippen LogP contribution is -2.28. The smallest absolute Gasteiger partial charge is 0.329 e. The van der Waals surface area contributed by atoms with E-state index in [1.165, 1.54) is 0 Å². The lowest BCUT2D eigenvalue weighted by Gasteiger charge is -2.20. The Labute approximate surface area is 208 Å². The average Bonchev–Trinajstić information content (AvgIpc) is 3.59. The first-order valence-corrected chi connectivity index (χ1v) is 11.9. The fourth-order valence-corrected chi connectivity index (χ4v) is 4.50. The molecule has 3 aromatic heterocycles. The normalized spacial score (nSPS) is 11.9. The number of rotatable bonds is 9. The van der Waals surface area contributed by atoms with Crippen LogP contribution in [0.2, 0.25) is 0 Å². The number of pyridine rings is 1. The summed E-state index contributed by atoms with van der Waals surface area (Å²) in [6, 6.07) is 19.5. The number of tetrazole rings is 1. The van der Waals surface area contributed by atoms with Gasteiger partial charge in [0.1, 0.15) is 5.75 Å². The van der Waals surface area contributed by atoms with Crippen LogP contribution in [0.1, 0.15) is 36.9 Å². The minimum absolute atomic E-state index is 0.0640. The number of hydrogen-bond donors (Lipinski definition) is 1. The summed E-state index contributed by atoms with van der Waals surface area (Å²) in [6.45, 7) is 2.55. The second-order valence-corrected chi connectivity index (χ2v) is 8.49. The molecule has 0 radical (unpaired) electrons. The van der Waals surface area contributed by atoms with Gasteiger partial charge in [0, 0.05) is 35.3 Å². The average molecular weight is 482 g/mol. The number of imidazole rings is 1. The molecule has 5 rings (SSSR count). The van der Waals surface area contributed by atoms with E-state index < -0.39 is 0 Å².